The molecule has 1 atom stereocenters. The van der Waals surface area contributed by atoms with Crippen LogP contribution in [0.25, 0.3) is 11.3 Å². The van der Waals surface area contributed by atoms with Crippen molar-refractivity contribution in [2.45, 2.75) is 26.4 Å². The maximum atomic E-state index is 6.06. The number of furan rings is 1. The molecule has 1 unspecified atom stereocenters. The van der Waals surface area contributed by atoms with Crippen molar-refractivity contribution in [1.82, 2.24) is 15.1 Å². The van der Waals surface area contributed by atoms with Crippen molar-refractivity contribution in [3.05, 3.63) is 63.6 Å². The first-order chi connectivity index (χ1) is 11.4. The molecule has 0 spiro atoms. The van der Waals surface area contributed by atoms with E-state index < -0.39 is 0 Å². The van der Waals surface area contributed by atoms with Gasteiger partial charge in [0.05, 0.1) is 22.3 Å². The van der Waals surface area contributed by atoms with Gasteiger partial charge in [-0.05, 0) is 44.2 Å². The summed E-state index contributed by atoms with van der Waals surface area (Å²) in [5.41, 5.74) is 3.13. The molecule has 2 heterocycles. The maximum Gasteiger partial charge on any atom is 0.134 e. The molecule has 1 N–H and O–H groups in total. The molecule has 126 valence electrons. The van der Waals surface area contributed by atoms with E-state index in [0.29, 0.717) is 16.6 Å². The molecule has 0 amide bonds. The van der Waals surface area contributed by atoms with Crippen molar-refractivity contribution < 1.29 is 4.42 Å². The molecule has 0 saturated heterocycles. The number of benzene rings is 1. The maximum absolute atomic E-state index is 6.06. The third kappa shape index (κ3) is 3.66. The van der Waals surface area contributed by atoms with Crippen molar-refractivity contribution in [2.24, 2.45) is 7.05 Å². The summed E-state index contributed by atoms with van der Waals surface area (Å²) in [7, 11) is 1.93. The lowest BCUT2D eigenvalue weighted by molar-refractivity contribution is 0.467. The highest BCUT2D eigenvalue weighted by atomic mass is 35.5. The Bertz CT molecular complexity index is 854. The van der Waals surface area contributed by atoms with Crippen molar-refractivity contribution in [3.63, 3.8) is 0 Å². The number of nitrogens with zero attached hydrogens (tertiary/aromatic N) is 2. The zero-order valence-corrected chi connectivity index (χ0v) is 15.3. The standard InChI is InChI=1S/C18H19Cl2N3O/c1-11(15-10-23(3)22-12(15)2)21-9-14-5-7-18(24-14)13-4-6-16(19)17(20)8-13/h4-8,10-11,21H,9H2,1-3H3. The Morgan fingerprint density at radius 1 is 1.21 bits per heavy atom. The lowest BCUT2D eigenvalue weighted by Crippen LogP contribution is -2.18. The van der Waals surface area contributed by atoms with Crippen LogP contribution in [0.1, 0.15) is 30.0 Å². The highest BCUT2D eigenvalue weighted by Gasteiger charge is 2.13. The molecule has 6 heteroatoms. The molecule has 1 aromatic carbocycles. The van der Waals surface area contributed by atoms with Gasteiger partial charge in [-0.3, -0.25) is 4.68 Å². The van der Waals surface area contributed by atoms with E-state index in [1.807, 2.05) is 49.1 Å². The first-order valence-corrected chi connectivity index (χ1v) is 8.47. The van der Waals surface area contributed by atoms with Crippen LogP contribution in [0.2, 0.25) is 10.0 Å². The van der Waals surface area contributed by atoms with E-state index in [0.717, 1.165) is 22.8 Å². The summed E-state index contributed by atoms with van der Waals surface area (Å²) in [6.07, 6.45) is 2.04. The quantitative estimate of drug-likeness (QED) is 0.681. The Hall–Kier alpha value is -1.75. The molecule has 0 fully saturated rings. The van der Waals surface area contributed by atoms with Crippen LogP contribution in [0, 0.1) is 6.92 Å². The van der Waals surface area contributed by atoms with Gasteiger partial charge in [0.2, 0.25) is 0 Å². The number of aryl methyl sites for hydroxylation is 2. The highest BCUT2D eigenvalue weighted by Crippen LogP contribution is 2.29. The summed E-state index contributed by atoms with van der Waals surface area (Å²) in [5.74, 6) is 1.64. The minimum Gasteiger partial charge on any atom is -0.460 e. The Morgan fingerprint density at radius 2 is 2.00 bits per heavy atom. The molecule has 2 aromatic heterocycles. The summed E-state index contributed by atoms with van der Waals surface area (Å²) in [5, 5.41) is 8.89. The van der Waals surface area contributed by atoms with Crippen LogP contribution in [-0.2, 0) is 13.6 Å². The minimum atomic E-state index is 0.192. The monoisotopic (exact) mass is 363 g/mol. The third-order valence-electron chi connectivity index (χ3n) is 3.97. The summed E-state index contributed by atoms with van der Waals surface area (Å²) in [6, 6.07) is 9.57. The Labute approximate surface area is 151 Å². The molecule has 0 aliphatic carbocycles. The average Bonchev–Trinajstić information content (AvgIpc) is 3.14. The second kappa shape index (κ2) is 7.01. The van der Waals surface area contributed by atoms with Crippen molar-refractivity contribution in [2.75, 3.05) is 0 Å². The first-order valence-electron chi connectivity index (χ1n) is 7.71. The normalized spacial score (nSPS) is 12.5. The van der Waals surface area contributed by atoms with Crippen LogP contribution < -0.4 is 5.32 Å². The molecular weight excluding hydrogens is 345 g/mol. The van der Waals surface area contributed by atoms with Gasteiger partial charge in [0.15, 0.2) is 0 Å². The smallest absolute Gasteiger partial charge is 0.134 e. The zero-order chi connectivity index (χ0) is 17.3. The van der Waals surface area contributed by atoms with Crippen molar-refractivity contribution in [1.29, 1.82) is 0 Å². The molecule has 0 bridgehead atoms. The molecule has 24 heavy (non-hydrogen) atoms. The van der Waals surface area contributed by atoms with Gasteiger partial charge >= 0.3 is 0 Å². The van der Waals surface area contributed by atoms with Crippen LogP contribution >= 0.6 is 23.2 Å². The number of halogens is 2. The summed E-state index contributed by atoms with van der Waals surface area (Å²) in [4.78, 5) is 0. The Balaban J connectivity index is 1.68. The van der Waals surface area contributed by atoms with Gasteiger partial charge in [-0.1, -0.05) is 23.2 Å². The van der Waals surface area contributed by atoms with Gasteiger partial charge in [-0.2, -0.15) is 5.10 Å². The van der Waals surface area contributed by atoms with Gasteiger partial charge in [0.1, 0.15) is 11.5 Å². The van der Waals surface area contributed by atoms with Crippen molar-refractivity contribution in [3.8, 4) is 11.3 Å². The van der Waals surface area contributed by atoms with E-state index in [9.17, 15) is 0 Å². The predicted octanol–water partition coefficient (Wildman–Crippen LogP) is 5.15. The van der Waals surface area contributed by atoms with Gasteiger partial charge < -0.3 is 9.73 Å². The van der Waals surface area contributed by atoms with Crippen molar-refractivity contribution >= 4 is 23.2 Å². The van der Waals surface area contributed by atoms with E-state index in [-0.39, 0.29) is 6.04 Å². The fraction of sp³-hybridized carbons (Fsp3) is 0.278. The van der Waals surface area contributed by atoms with Crippen LogP contribution in [0.5, 0.6) is 0 Å². The molecular formula is C18H19Cl2N3O. The van der Waals surface area contributed by atoms with Crippen LogP contribution in [0.3, 0.4) is 0 Å². The topological polar surface area (TPSA) is 43.0 Å². The van der Waals surface area contributed by atoms with E-state index in [4.69, 9.17) is 27.6 Å². The second-order valence-corrected chi connectivity index (χ2v) is 6.66. The van der Waals surface area contributed by atoms with E-state index >= 15 is 0 Å². The summed E-state index contributed by atoms with van der Waals surface area (Å²) in [6.45, 7) is 4.77. The largest absolute Gasteiger partial charge is 0.460 e. The number of aromatic nitrogens is 2. The van der Waals surface area contributed by atoms with E-state index in [1.54, 1.807) is 6.07 Å². The van der Waals surface area contributed by atoms with E-state index in [2.05, 4.69) is 17.3 Å². The lowest BCUT2D eigenvalue weighted by atomic mass is 10.1. The first kappa shape index (κ1) is 17.1. The number of nitrogens with one attached hydrogen (secondary N) is 1. The number of rotatable bonds is 5. The second-order valence-electron chi connectivity index (χ2n) is 5.84. The highest BCUT2D eigenvalue weighted by molar-refractivity contribution is 6.42. The fourth-order valence-electron chi connectivity index (χ4n) is 2.68. The minimum absolute atomic E-state index is 0.192. The van der Waals surface area contributed by atoms with Gasteiger partial charge in [0.25, 0.3) is 0 Å². The Morgan fingerprint density at radius 3 is 2.67 bits per heavy atom. The van der Waals surface area contributed by atoms with Gasteiger partial charge in [-0.15, -0.1) is 0 Å². The Kier molecular flexibility index (Phi) is 4.99. The molecule has 0 aliphatic rings. The molecule has 0 saturated carbocycles. The lowest BCUT2D eigenvalue weighted by Gasteiger charge is -2.11. The van der Waals surface area contributed by atoms with Gasteiger partial charge in [-0.25, -0.2) is 0 Å². The predicted molar refractivity (Wildman–Crippen MR) is 97.4 cm³/mol. The average molecular weight is 364 g/mol. The SMILES string of the molecule is Cc1nn(C)cc1C(C)NCc1ccc(-c2ccc(Cl)c(Cl)c2)o1. The molecule has 0 radical (unpaired) electrons. The molecule has 3 aromatic rings. The van der Waals surface area contributed by atoms with Gasteiger partial charge in [0, 0.05) is 30.4 Å². The summed E-state index contributed by atoms with van der Waals surface area (Å²) < 4.78 is 7.73. The van der Waals surface area contributed by atoms with Crippen LogP contribution in [0.15, 0.2) is 40.9 Å². The van der Waals surface area contributed by atoms with Crippen LogP contribution in [0.4, 0.5) is 0 Å². The number of hydrogen-bond donors (Lipinski definition) is 1. The zero-order valence-electron chi connectivity index (χ0n) is 13.8. The molecule has 4 nitrogen and oxygen atoms in total. The van der Waals surface area contributed by atoms with Crippen LogP contribution in [-0.4, -0.2) is 9.78 Å². The summed E-state index contributed by atoms with van der Waals surface area (Å²) >= 11 is 12.0. The fourth-order valence-corrected chi connectivity index (χ4v) is 2.98. The third-order valence-corrected chi connectivity index (χ3v) is 4.71. The number of hydrogen-bond acceptors (Lipinski definition) is 3. The molecule has 3 rings (SSSR count). The molecule has 0 aliphatic heterocycles. The van der Waals surface area contributed by atoms with E-state index in [1.165, 1.54) is 5.56 Å².